The first-order valence-electron chi connectivity index (χ1n) is 7.44. The Balaban J connectivity index is 2.11. The summed E-state index contributed by atoms with van der Waals surface area (Å²) in [5.74, 6) is 0.474. The first-order chi connectivity index (χ1) is 10.8. The van der Waals surface area contributed by atoms with Crippen molar-refractivity contribution in [1.29, 1.82) is 0 Å². The van der Waals surface area contributed by atoms with E-state index in [-0.39, 0.29) is 18.4 Å². The topological polar surface area (TPSA) is 71.5 Å². The fourth-order valence-corrected chi connectivity index (χ4v) is 2.71. The van der Waals surface area contributed by atoms with Crippen LogP contribution in [0, 0.1) is 5.92 Å². The second-order valence-electron chi connectivity index (χ2n) is 5.93. The summed E-state index contributed by atoms with van der Waals surface area (Å²) in [5.41, 5.74) is 0.251. The van der Waals surface area contributed by atoms with Crippen LogP contribution < -0.4 is 10.1 Å². The van der Waals surface area contributed by atoms with E-state index in [1.54, 1.807) is 19.4 Å². The van der Waals surface area contributed by atoms with E-state index in [4.69, 9.17) is 4.74 Å². The molecule has 2 N–H and O–H groups in total. The van der Waals surface area contributed by atoms with Crippen LogP contribution in [0.4, 0.5) is 0 Å². The molecule has 1 amide bonds. The molecule has 0 radical (unpaired) electrons. The zero-order chi connectivity index (χ0) is 17.0. The van der Waals surface area contributed by atoms with Crippen LogP contribution in [0.1, 0.15) is 31.3 Å². The fourth-order valence-electron chi connectivity index (χ4n) is 1.88. The van der Waals surface area contributed by atoms with Gasteiger partial charge in [-0.05, 0) is 25.0 Å². The number of thiazole rings is 1. The number of benzene rings is 1. The van der Waals surface area contributed by atoms with E-state index >= 15 is 0 Å². The Morgan fingerprint density at radius 1 is 1.43 bits per heavy atom. The number of rotatable bonds is 6. The summed E-state index contributed by atoms with van der Waals surface area (Å²) in [6, 6.07) is 7.55. The second-order valence-corrected chi connectivity index (χ2v) is 6.79. The predicted molar refractivity (Wildman–Crippen MR) is 91.9 cm³/mol. The van der Waals surface area contributed by atoms with Gasteiger partial charge in [0.2, 0.25) is 0 Å². The molecule has 0 saturated carbocycles. The van der Waals surface area contributed by atoms with Crippen LogP contribution in [-0.4, -0.2) is 35.3 Å². The Morgan fingerprint density at radius 3 is 2.78 bits per heavy atom. The number of methoxy groups -OCH3 is 1. The highest BCUT2D eigenvalue weighted by Gasteiger charge is 2.26. The normalized spacial score (nSPS) is 13.7. The van der Waals surface area contributed by atoms with Crippen LogP contribution in [0.15, 0.2) is 29.6 Å². The van der Waals surface area contributed by atoms with Gasteiger partial charge in [-0.1, -0.05) is 26.0 Å². The Morgan fingerprint density at radius 2 is 2.13 bits per heavy atom. The lowest BCUT2D eigenvalue weighted by Crippen LogP contribution is -2.44. The van der Waals surface area contributed by atoms with Crippen molar-refractivity contribution in [3.8, 4) is 16.3 Å². The maximum absolute atomic E-state index is 12.2. The third-order valence-corrected chi connectivity index (χ3v) is 4.80. The lowest BCUT2D eigenvalue weighted by atomic mass is 9.92. The third-order valence-electron chi connectivity index (χ3n) is 3.92. The minimum Gasteiger partial charge on any atom is -0.496 e. The molecule has 0 saturated heterocycles. The van der Waals surface area contributed by atoms with Crippen LogP contribution in [0.3, 0.4) is 0 Å². The number of carbonyl (C=O) groups is 1. The summed E-state index contributed by atoms with van der Waals surface area (Å²) in [4.78, 5) is 16.6. The quantitative estimate of drug-likeness (QED) is 0.852. The first kappa shape index (κ1) is 17.4. The summed E-state index contributed by atoms with van der Waals surface area (Å²) in [6.45, 7) is 5.72. The average Bonchev–Trinajstić information content (AvgIpc) is 3.02. The number of para-hydroxylation sites is 1. The smallest absolute Gasteiger partial charge is 0.270 e. The molecule has 0 bridgehead atoms. The standard InChI is InChI=1S/C17H22N2O3S/c1-11(2)17(3,21)10-18-15(20)13-9-23-16(19-13)12-7-5-6-8-14(12)22-4/h5-9,11,21H,10H2,1-4H3,(H,18,20). The summed E-state index contributed by atoms with van der Waals surface area (Å²) in [7, 11) is 1.61. The van der Waals surface area contributed by atoms with Crippen LogP contribution in [0.2, 0.25) is 0 Å². The zero-order valence-corrected chi connectivity index (χ0v) is 14.6. The fraction of sp³-hybridized carbons (Fsp3) is 0.412. The van der Waals surface area contributed by atoms with E-state index < -0.39 is 5.60 Å². The molecule has 1 heterocycles. The first-order valence-corrected chi connectivity index (χ1v) is 8.32. The van der Waals surface area contributed by atoms with E-state index in [0.29, 0.717) is 5.69 Å². The monoisotopic (exact) mass is 334 g/mol. The van der Waals surface area contributed by atoms with E-state index in [9.17, 15) is 9.90 Å². The Bertz CT molecular complexity index is 680. The third kappa shape index (κ3) is 4.09. The molecule has 5 nitrogen and oxygen atoms in total. The lowest BCUT2D eigenvalue weighted by Gasteiger charge is -2.27. The summed E-state index contributed by atoms with van der Waals surface area (Å²) >= 11 is 1.39. The zero-order valence-electron chi connectivity index (χ0n) is 13.8. The van der Waals surface area contributed by atoms with Crippen molar-refractivity contribution >= 4 is 17.2 Å². The van der Waals surface area contributed by atoms with E-state index in [1.165, 1.54) is 11.3 Å². The SMILES string of the molecule is COc1ccccc1-c1nc(C(=O)NCC(C)(O)C(C)C)cs1. The van der Waals surface area contributed by atoms with Gasteiger partial charge in [-0.15, -0.1) is 11.3 Å². The van der Waals surface area contributed by atoms with Crippen molar-refractivity contribution in [2.75, 3.05) is 13.7 Å². The molecule has 23 heavy (non-hydrogen) atoms. The molecule has 1 unspecified atom stereocenters. The Hall–Kier alpha value is -1.92. The molecular formula is C17H22N2O3S. The molecule has 2 rings (SSSR count). The van der Waals surface area contributed by atoms with Crippen molar-refractivity contribution in [1.82, 2.24) is 10.3 Å². The number of carbonyl (C=O) groups excluding carboxylic acids is 1. The molecule has 1 aromatic heterocycles. The molecule has 0 aliphatic heterocycles. The number of hydrogen-bond acceptors (Lipinski definition) is 5. The second kappa shape index (κ2) is 7.10. The minimum absolute atomic E-state index is 0.0439. The van der Waals surface area contributed by atoms with Crippen LogP contribution in [0.25, 0.3) is 10.6 Å². The van der Waals surface area contributed by atoms with Gasteiger partial charge in [0.25, 0.3) is 5.91 Å². The van der Waals surface area contributed by atoms with Gasteiger partial charge >= 0.3 is 0 Å². The maximum Gasteiger partial charge on any atom is 0.270 e. The number of aromatic nitrogens is 1. The highest BCUT2D eigenvalue weighted by Crippen LogP contribution is 2.31. The number of amides is 1. The van der Waals surface area contributed by atoms with E-state index in [0.717, 1.165) is 16.3 Å². The van der Waals surface area contributed by atoms with Gasteiger partial charge in [-0.25, -0.2) is 4.98 Å². The van der Waals surface area contributed by atoms with Crippen molar-refractivity contribution < 1.29 is 14.6 Å². The lowest BCUT2D eigenvalue weighted by molar-refractivity contribution is 0.0142. The summed E-state index contributed by atoms with van der Waals surface area (Å²) in [6.07, 6.45) is 0. The largest absolute Gasteiger partial charge is 0.496 e. The van der Waals surface area contributed by atoms with Gasteiger partial charge in [0, 0.05) is 11.9 Å². The van der Waals surface area contributed by atoms with Crippen LogP contribution >= 0.6 is 11.3 Å². The predicted octanol–water partition coefficient (Wildman–Crippen LogP) is 2.96. The van der Waals surface area contributed by atoms with Crippen molar-refractivity contribution in [2.24, 2.45) is 5.92 Å². The van der Waals surface area contributed by atoms with Gasteiger partial charge in [-0.2, -0.15) is 0 Å². The van der Waals surface area contributed by atoms with Crippen LogP contribution in [-0.2, 0) is 0 Å². The van der Waals surface area contributed by atoms with Crippen molar-refractivity contribution in [3.63, 3.8) is 0 Å². The minimum atomic E-state index is -0.947. The van der Waals surface area contributed by atoms with Gasteiger partial charge in [-0.3, -0.25) is 4.79 Å². The molecule has 1 aromatic carbocycles. The molecule has 6 heteroatoms. The van der Waals surface area contributed by atoms with E-state index in [1.807, 2.05) is 38.1 Å². The molecule has 1 atom stereocenters. The molecule has 0 aliphatic rings. The number of nitrogens with one attached hydrogen (secondary N) is 1. The summed E-state index contributed by atoms with van der Waals surface area (Å²) in [5, 5.41) is 15.4. The highest BCUT2D eigenvalue weighted by molar-refractivity contribution is 7.13. The molecule has 0 spiro atoms. The average molecular weight is 334 g/mol. The van der Waals surface area contributed by atoms with Crippen molar-refractivity contribution in [3.05, 3.63) is 35.3 Å². The van der Waals surface area contributed by atoms with Gasteiger partial charge in [0.15, 0.2) is 0 Å². The molecule has 124 valence electrons. The van der Waals surface area contributed by atoms with Crippen molar-refractivity contribution in [2.45, 2.75) is 26.4 Å². The van der Waals surface area contributed by atoms with E-state index in [2.05, 4.69) is 10.3 Å². The molecular weight excluding hydrogens is 312 g/mol. The van der Waals surface area contributed by atoms with Gasteiger partial charge in [0.05, 0.1) is 18.3 Å². The van der Waals surface area contributed by atoms with Gasteiger partial charge in [0.1, 0.15) is 16.5 Å². The number of hydrogen-bond donors (Lipinski definition) is 2. The number of nitrogens with zero attached hydrogens (tertiary/aromatic N) is 1. The van der Waals surface area contributed by atoms with Gasteiger partial charge < -0.3 is 15.2 Å². The molecule has 0 aliphatic carbocycles. The molecule has 0 fully saturated rings. The molecule has 2 aromatic rings. The number of ether oxygens (including phenoxy) is 1. The van der Waals surface area contributed by atoms with Crippen LogP contribution in [0.5, 0.6) is 5.75 Å². The summed E-state index contributed by atoms with van der Waals surface area (Å²) < 4.78 is 5.32. The Labute approximate surface area is 140 Å². The maximum atomic E-state index is 12.2. The Kier molecular flexibility index (Phi) is 5.38. The highest BCUT2D eigenvalue weighted by atomic mass is 32.1. The number of aliphatic hydroxyl groups is 1.